The Morgan fingerprint density at radius 1 is 0.710 bits per heavy atom. The Morgan fingerprint density at radius 2 is 1.19 bits per heavy atom. The van der Waals surface area contributed by atoms with E-state index in [9.17, 15) is 14.4 Å². The van der Waals surface area contributed by atoms with Gasteiger partial charge in [0.2, 0.25) is 0 Å². The highest BCUT2D eigenvalue weighted by Crippen LogP contribution is 2.29. The number of carboxylic acids is 1. The van der Waals surface area contributed by atoms with Gasteiger partial charge in [0.25, 0.3) is 11.8 Å². The number of rotatable bonds is 7. The Balaban J connectivity index is 1.79. The quantitative estimate of drug-likeness (QED) is 0.534. The average molecular weight is 420 g/mol. The van der Waals surface area contributed by atoms with Gasteiger partial charge >= 0.3 is 5.97 Å². The summed E-state index contributed by atoms with van der Waals surface area (Å²) in [7, 11) is 2.91. The van der Waals surface area contributed by atoms with Crippen molar-refractivity contribution in [3.63, 3.8) is 0 Å². The van der Waals surface area contributed by atoms with E-state index in [1.165, 1.54) is 38.5 Å². The molecule has 0 fully saturated rings. The molecule has 3 aromatic carbocycles. The number of benzene rings is 3. The Bertz CT molecular complexity index is 1120. The smallest absolute Gasteiger partial charge is 0.335 e. The topological polar surface area (TPSA) is 114 Å². The third-order valence-corrected chi connectivity index (χ3v) is 4.40. The standard InChI is InChI=1S/C23H20N2O6/c1-30-18-10-5-11-19(31-2)20(18)22(27)25-16-8-3-6-14(12-16)21(26)24-17-9-4-7-15(13-17)23(28)29/h3-13H,1-2H3,(H,24,26)(H,25,27)(H,28,29). The van der Waals surface area contributed by atoms with Crippen LogP contribution in [0.25, 0.3) is 0 Å². The van der Waals surface area contributed by atoms with Crippen molar-refractivity contribution in [2.75, 3.05) is 24.9 Å². The zero-order valence-corrected chi connectivity index (χ0v) is 16.8. The van der Waals surface area contributed by atoms with Gasteiger partial charge in [-0.15, -0.1) is 0 Å². The van der Waals surface area contributed by atoms with E-state index in [4.69, 9.17) is 14.6 Å². The third kappa shape index (κ3) is 4.99. The van der Waals surface area contributed by atoms with Crippen LogP contribution in [0, 0.1) is 0 Å². The number of carbonyl (C=O) groups is 3. The number of methoxy groups -OCH3 is 2. The molecule has 8 nitrogen and oxygen atoms in total. The normalized spacial score (nSPS) is 10.1. The maximum Gasteiger partial charge on any atom is 0.335 e. The molecule has 0 heterocycles. The molecule has 158 valence electrons. The third-order valence-electron chi connectivity index (χ3n) is 4.40. The number of anilines is 2. The van der Waals surface area contributed by atoms with Gasteiger partial charge in [0, 0.05) is 16.9 Å². The van der Waals surface area contributed by atoms with Crippen LogP contribution in [-0.4, -0.2) is 37.1 Å². The summed E-state index contributed by atoms with van der Waals surface area (Å²) in [6.45, 7) is 0. The first-order valence-electron chi connectivity index (χ1n) is 9.20. The molecule has 8 heteroatoms. The number of hydrogen-bond acceptors (Lipinski definition) is 5. The van der Waals surface area contributed by atoms with Crippen molar-refractivity contribution < 1.29 is 29.0 Å². The molecule has 3 rings (SSSR count). The summed E-state index contributed by atoms with van der Waals surface area (Å²) in [4.78, 5) is 36.5. The lowest BCUT2D eigenvalue weighted by Crippen LogP contribution is -2.16. The van der Waals surface area contributed by atoms with E-state index in [1.54, 1.807) is 42.5 Å². The minimum atomic E-state index is -1.09. The summed E-state index contributed by atoms with van der Waals surface area (Å²) in [6.07, 6.45) is 0. The molecule has 3 N–H and O–H groups in total. The zero-order chi connectivity index (χ0) is 22.4. The summed E-state index contributed by atoms with van der Waals surface area (Å²) in [5, 5.41) is 14.5. The highest BCUT2D eigenvalue weighted by molar-refractivity contribution is 6.09. The molecule has 0 unspecified atom stereocenters. The van der Waals surface area contributed by atoms with Gasteiger partial charge in [-0.3, -0.25) is 9.59 Å². The summed E-state index contributed by atoms with van der Waals surface area (Å²) in [5.41, 5.74) is 1.31. The van der Waals surface area contributed by atoms with E-state index in [-0.39, 0.29) is 16.7 Å². The first kappa shape index (κ1) is 21.4. The molecule has 0 atom stereocenters. The second-order valence-electron chi connectivity index (χ2n) is 6.41. The SMILES string of the molecule is COc1cccc(OC)c1C(=O)Nc1cccc(C(=O)Nc2cccc(C(=O)O)c2)c1. The van der Waals surface area contributed by atoms with Crippen molar-refractivity contribution in [2.24, 2.45) is 0 Å². The zero-order valence-electron chi connectivity index (χ0n) is 16.8. The maximum atomic E-state index is 12.8. The van der Waals surface area contributed by atoms with Crippen LogP contribution in [0.4, 0.5) is 11.4 Å². The number of hydrogen-bond donors (Lipinski definition) is 3. The second kappa shape index (κ2) is 9.45. The minimum absolute atomic E-state index is 0.0598. The Labute approximate surface area is 178 Å². The molecule has 0 spiro atoms. The molecular formula is C23H20N2O6. The largest absolute Gasteiger partial charge is 0.496 e. The maximum absolute atomic E-state index is 12.8. The van der Waals surface area contributed by atoms with Crippen LogP contribution < -0.4 is 20.1 Å². The molecule has 2 amide bonds. The van der Waals surface area contributed by atoms with E-state index in [0.717, 1.165) is 0 Å². The van der Waals surface area contributed by atoms with Crippen LogP contribution in [0.5, 0.6) is 11.5 Å². The first-order chi connectivity index (χ1) is 14.9. The van der Waals surface area contributed by atoms with Gasteiger partial charge in [-0.25, -0.2) is 4.79 Å². The van der Waals surface area contributed by atoms with Crippen LogP contribution in [0.3, 0.4) is 0 Å². The molecular weight excluding hydrogens is 400 g/mol. The van der Waals surface area contributed by atoms with Gasteiger partial charge in [-0.1, -0.05) is 18.2 Å². The Hall–Kier alpha value is -4.33. The molecule has 0 aromatic heterocycles. The summed E-state index contributed by atoms with van der Waals surface area (Å²) >= 11 is 0. The molecule has 31 heavy (non-hydrogen) atoms. The lowest BCUT2D eigenvalue weighted by atomic mass is 10.1. The van der Waals surface area contributed by atoms with E-state index in [0.29, 0.717) is 22.9 Å². The molecule has 0 saturated carbocycles. The predicted molar refractivity (Wildman–Crippen MR) is 115 cm³/mol. The fourth-order valence-electron chi connectivity index (χ4n) is 2.94. The van der Waals surface area contributed by atoms with E-state index in [2.05, 4.69) is 10.6 Å². The second-order valence-corrected chi connectivity index (χ2v) is 6.41. The first-order valence-corrected chi connectivity index (χ1v) is 9.20. The number of carbonyl (C=O) groups excluding carboxylic acids is 2. The molecule has 0 aliphatic carbocycles. The van der Waals surface area contributed by atoms with Gasteiger partial charge in [-0.2, -0.15) is 0 Å². The van der Waals surface area contributed by atoms with Gasteiger partial charge < -0.3 is 25.2 Å². The monoisotopic (exact) mass is 420 g/mol. The average Bonchev–Trinajstić information content (AvgIpc) is 2.78. The fraction of sp³-hybridized carbons (Fsp3) is 0.0870. The van der Waals surface area contributed by atoms with Crippen molar-refractivity contribution in [3.05, 3.63) is 83.4 Å². The molecule has 0 bridgehead atoms. The molecule has 0 aliphatic rings. The molecule has 0 aliphatic heterocycles. The Morgan fingerprint density at radius 3 is 1.74 bits per heavy atom. The van der Waals surface area contributed by atoms with Gasteiger partial charge in [0.05, 0.1) is 19.8 Å². The van der Waals surface area contributed by atoms with Gasteiger partial charge in [0.1, 0.15) is 17.1 Å². The lowest BCUT2D eigenvalue weighted by Gasteiger charge is -2.13. The van der Waals surface area contributed by atoms with Gasteiger partial charge in [0.15, 0.2) is 0 Å². The van der Waals surface area contributed by atoms with E-state index < -0.39 is 17.8 Å². The fourth-order valence-corrected chi connectivity index (χ4v) is 2.94. The van der Waals surface area contributed by atoms with E-state index in [1.807, 2.05) is 0 Å². The van der Waals surface area contributed by atoms with Crippen molar-refractivity contribution in [2.45, 2.75) is 0 Å². The van der Waals surface area contributed by atoms with Crippen molar-refractivity contribution in [1.29, 1.82) is 0 Å². The molecule has 3 aromatic rings. The van der Waals surface area contributed by atoms with Crippen LogP contribution >= 0.6 is 0 Å². The molecule has 0 saturated heterocycles. The van der Waals surface area contributed by atoms with Crippen LogP contribution in [0.2, 0.25) is 0 Å². The van der Waals surface area contributed by atoms with Crippen LogP contribution in [0.15, 0.2) is 66.7 Å². The van der Waals surface area contributed by atoms with E-state index >= 15 is 0 Å². The molecule has 0 radical (unpaired) electrons. The Kier molecular flexibility index (Phi) is 6.51. The van der Waals surface area contributed by atoms with Crippen LogP contribution in [0.1, 0.15) is 31.1 Å². The van der Waals surface area contributed by atoms with Crippen LogP contribution in [-0.2, 0) is 0 Å². The summed E-state index contributed by atoms with van der Waals surface area (Å²) < 4.78 is 10.5. The summed E-state index contributed by atoms with van der Waals surface area (Å²) in [6, 6.07) is 17.3. The summed E-state index contributed by atoms with van der Waals surface area (Å²) in [5.74, 6) is -1.30. The predicted octanol–water partition coefficient (Wildman–Crippen LogP) is 3.91. The minimum Gasteiger partial charge on any atom is -0.496 e. The number of carboxylic acid groups (broad SMARTS) is 1. The number of aromatic carboxylic acids is 1. The van der Waals surface area contributed by atoms with Crippen molar-refractivity contribution in [1.82, 2.24) is 0 Å². The number of ether oxygens (including phenoxy) is 2. The lowest BCUT2D eigenvalue weighted by molar-refractivity contribution is 0.0696. The number of nitrogens with one attached hydrogen (secondary N) is 2. The highest BCUT2D eigenvalue weighted by Gasteiger charge is 2.19. The van der Waals surface area contributed by atoms with Crippen molar-refractivity contribution >= 4 is 29.2 Å². The highest BCUT2D eigenvalue weighted by atomic mass is 16.5. The van der Waals surface area contributed by atoms with Gasteiger partial charge in [-0.05, 0) is 48.5 Å². The number of amides is 2. The van der Waals surface area contributed by atoms with Crippen molar-refractivity contribution in [3.8, 4) is 11.5 Å².